The number of aromatic nitrogens is 5. The second-order valence-corrected chi connectivity index (χ2v) is 8.07. The summed E-state index contributed by atoms with van der Waals surface area (Å²) < 4.78 is 66.0. The molecule has 198 valence electrons. The van der Waals surface area contributed by atoms with Gasteiger partial charge in [-0.05, 0) is 25.1 Å². The quantitative estimate of drug-likeness (QED) is 0.293. The number of carbonyl (C=O) groups is 1. The summed E-state index contributed by atoms with van der Waals surface area (Å²) in [5, 5.41) is 6.46. The highest BCUT2D eigenvalue weighted by Crippen LogP contribution is 2.32. The Labute approximate surface area is 212 Å². The maximum atomic E-state index is 14.0. The lowest BCUT2D eigenvalue weighted by Crippen LogP contribution is -2.25. The van der Waals surface area contributed by atoms with Crippen LogP contribution in [-0.4, -0.2) is 44.5 Å². The van der Waals surface area contributed by atoms with E-state index in [0.29, 0.717) is 0 Å². The van der Waals surface area contributed by atoms with Gasteiger partial charge in [0.15, 0.2) is 11.5 Å². The molecule has 38 heavy (non-hydrogen) atoms. The molecule has 4 aromatic rings. The number of anilines is 2. The predicted molar refractivity (Wildman–Crippen MR) is 127 cm³/mol. The molecule has 14 heteroatoms. The fraction of sp³-hybridized carbons (Fsp3) is 0.208. The van der Waals surface area contributed by atoms with Crippen molar-refractivity contribution in [1.82, 2.24) is 24.3 Å². The van der Waals surface area contributed by atoms with Crippen molar-refractivity contribution in [2.45, 2.75) is 13.1 Å². The highest BCUT2D eigenvalue weighted by Gasteiger charge is 2.35. The fourth-order valence-electron chi connectivity index (χ4n) is 3.62. The van der Waals surface area contributed by atoms with Crippen LogP contribution in [0.1, 0.15) is 21.7 Å². The number of rotatable bonds is 6. The van der Waals surface area contributed by atoms with Crippen LogP contribution in [0.5, 0.6) is 5.75 Å². The first-order valence-corrected chi connectivity index (χ1v) is 10.8. The standard InChI is InChI=1S/C24H20F4N6O4/c1-12-5-19(24(26,27)28)32-34(12)20-18(13-6-17(22(36)38-4)21(35)33(2)11-13)10-29-23(31-20)30-15-7-14(25)8-16(9-15)37-3/h5-11H,1-4H3,(H,29,30,31). The molecule has 3 heterocycles. The van der Waals surface area contributed by atoms with E-state index in [0.717, 1.165) is 34.6 Å². The topological polar surface area (TPSA) is 113 Å². The van der Waals surface area contributed by atoms with E-state index >= 15 is 0 Å². The van der Waals surface area contributed by atoms with Gasteiger partial charge in [-0.2, -0.15) is 23.3 Å². The number of esters is 1. The van der Waals surface area contributed by atoms with Crippen LogP contribution in [-0.2, 0) is 18.0 Å². The summed E-state index contributed by atoms with van der Waals surface area (Å²) in [6, 6.07) is 5.85. The van der Waals surface area contributed by atoms with Crippen LogP contribution in [0.15, 0.2) is 47.5 Å². The number of halogens is 4. The molecule has 0 aliphatic rings. The molecule has 0 fully saturated rings. The van der Waals surface area contributed by atoms with Crippen molar-refractivity contribution < 1.29 is 31.8 Å². The maximum Gasteiger partial charge on any atom is 0.435 e. The third-order valence-electron chi connectivity index (χ3n) is 5.41. The number of pyridine rings is 1. The molecular formula is C24H20F4N6O4. The Hall–Kier alpha value is -4.75. The number of ether oxygens (including phenoxy) is 2. The molecule has 4 rings (SSSR count). The molecule has 0 amide bonds. The molecule has 1 aromatic carbocycles. The minimum atomic E-state index is -4.73. The van der Waals surface area contributed by atoms with E-state index in [1.165, 1.54) is 45.6 Å². The minimum absolute atomic E-state index is 0.0914. The molecule has 0 atom stereocenters. The summed E-state index contributed by atoms with van der Waals surface area (Å²) in [4.78, 5) is 33.2. The lowest BCUT2D eigenvalue weighted by molar-refractivity contribution is -0.141. The van der Waals surface area contributed by atoms with E-state index in [-0.39, 0.29) is 45.6 Å². The Balaban J connectivity index is 1.92. The number of carbonyl (C=O) groups excluding carboxylic acids is 1. The van der Waals surface area contributed by atoms with Gasteiger partial charge in [0.25, 0.3) is 5.56 Å². The smallest absolute Gasteiger partial charge is 0.435 e. The van der Waals surface area contributed by atoms with Gasteiger partial charge in [-0.15, -0.1) is 0 Å². The monoisotopic (exact) mass is 532 g/mol. The van der Waals surface area contributed by atoms with Gasteiger partial charge in [0, 0.05) is 54.1 Å². The summed E-state index contributed by atoms with van der Waals surface area (Å²) in [7, 11) is 3.86. The van der Waals surface area contributed by atoms with Gasteiger partial charge in [-0.25, -0.2) is 18.9 Å². The Kier molecular flexibility index (Phi) is 6.89. The third kappa shape index (κ3) is 5.19. The van der Waals surface area contributed by atoms with Crippen molar-refractivity contribution >= 4 is 17.6 Å². The summed E-state index contributed by atoms with van der Waals surface area (Å²) in [5.74, 6) is -1.50. The Morgan fingerprint density at radius 1 is 1.11 bits per heavy atom. The van der Waals surface area contributed by atoms with Crippen LogP contribution in [0.4, 0.5) is 29.2 Å². The number of alkyl halides is 3. The van der Waals surface area contributed by atoms with Crippen LogP contribution >= 0.6 is 0 Å². The Morgan fingerprint density at radius 3 is 2.47 bits per heavy atom. The molecule has 3 aromatic heterocycles. The average molecular weight is 532 g/mol. The van der Waals surface area contributed by atoms with Crippen molar-refractivity contribution in [2.24, 2.45) is 7.05 Å². The largest absolute Gasteiger partial charge is 0.497 e. The van der Waals surface area contributed by atoms with E-state index in [2.05, 4.69) is 25.1 Å². The van der Waals surface area contributed by atoms with E-state index < -0.39 is 29.2 Å². The van der Waals surface area contributed by atoms with Gasteiger partial charge in [0.05, 0.1) is 14.2 Å². The zero-order chi connectivity index (χ0) is 27.8. The predicted octanol–water partition coefficient (Wildman–Crippen LogP) is 4.03. The van der Waals surface area contributed by atoms with Crippen molar-refractivity contribution in [3.63, 3.8) is 0 Å². The molecule has 0 bridgehead atoms. The Morgan fingerprint density at radius 2 is 1.84 bits per heavy atom. The second-order valence-electron chi connectivity index (χ2n) is 8.07. The summed E-state index contributed by atoms with van der Waals surface area (Å²) in [5.41, 5.74) is -1.42. The number of benzene rings is 1. The van der Waals surface area contributed by atoms with Gasteiger partial charge in [-0.1, -0.05) is 0 Å². The normalized spacial score (nSPS) is 11.4. The molecule has 0 unspecified atom stereocenters. The zero-order valence-corrected chi connectivity index (χ0v) is 20.4. The van der Waals surface area contributed by atoms with Crippen molar-refractivity contribution in [3.05, 3.63) is 75.8 Å². The summed E-state index contributed by atoms with van der Waals surface area (Å²) in [6.07, 6.45) is -2.08. The lowest BCUT2D eigenvalue weighted by Gasteiger charge is -2.14. The number of nitrogens with one attached hydrogen (secondary N) is 1. The van der Waals surface area contributed by atoms with Gasteiger partial charge >= 0.3 is 12.1 Å². The van der Waals surface area contributed by atoms with E-state index in [1.54, 1.807) is 0 Å². The van der Waals surface area contributed by atoms with E-state index in [9.17, 15) is 27.2 Å². The summed E-state index contributed by atoms with van der Waals surface area (Å²) >= 11 is 0. The first kappa shape index (κ1) is 26.3. The maximum absolute atomic E-state index is 14.0. The number of nitrogens with zero attached hydrogens (tertiary/aromatic N) is 5. The molecule has 0 saturated heterocycles. The third-order valence-corrected chi connectivity index (χ3v) is 5.41. The molecule has 10 nitrogen and oxygen atoms in total. The second kappa shape index (κ2) is 9.95. The SMILES string of the molecule is COC(=O)c1cc(-c2cnc(Nc3cc(F)cc(OC)c3)nc2-n2nc(C(F)(F)F)cc2C)cn(C)c1=O. The molecular weight excluding hydrogens is 512 g/mol. The van der Waals surface area contributed by atoms with Crippen molar-refractivity contribution in [3.8, 4) is 22.7 Å². The summed E-state index contributed by atoms with van der Waals surface area (Å²) in [6.45, 7) is 1.40. The number of hydrogen-bond acceptors (Lipinski definition) is 8. The molecule has 0 radical (unpaired) electrons. The molecule has 0 aliphatic carbocycles. The van der Waals surface area contributed by atoms with Crippen molar-refractivity contribution in [1.29, 1.82) is 0 Å². The average Bonchev–Trinajstić information content (AvgIpc) is 3.26. The first-order valence-electron chi connectivity index (χ1n) is 10.8. The molecule has 0 saturated carbocycles. The number of hydrogen-bond donors (Lipinski definition) is 1. The van der Waals surface area contributed by atoms with Gasteiger partial charge in [0.1, 0.15) is 17.1 Å². The lowest BCUT2D eigenvalue weighted by atomic mass is 10.1. The zero-order valence-electron chi connectivity index (χ0n) is 20.4. The Bertz CT molecular complexity index is 1600. The molecule has 0 aliphatic heterocycles. The van der Waals surface area contributed by atoms with Gasteiger partial charge < -0.3 is 19.4 Å². The number of methoxy groups -OCH3 is 2. The molecule has 0 spiro atoms. The molecule has 1 N–H and O–H groups in total. The van der Waals surface area contributed by atoms with Crippen LogP contribution < -0.4 is 15.6 Å². The van der Waals surface area contributed by atoms with Gasteiger partial charge in [-0.3, -0.25) is 4.79 Å². The number of aryl methyl sites for hydroxylation is 2. The van der Waals surface area contributed by atoms with Crippen LogP contribution in [0.25, 0.3) is 16.9 Å². The highest BCUT2D eigenvalue weighted by atomic mass is 19.4. The first-order chi connectivity index (χ1) is 17.9. The van der Waals surface area contributed by atoms with Crippen LogP contribution in [0.2, 0.25) is 0 Å². The van der Waals surface area contributed by atoms with E-state index in [1.807, 2.05) is 0 Å². The van der Waals surface area contributed by atoms with Gasteiger partial charge in [0.2, 0.25) is 5.95 Å². The van der Waals surface area contributed by atoms with Crippen molar-refractivity contribution in [2.75, 3.05) is 19.5 Å². The van der Waals surface area contributed by atoms with E-state index in [4.69, 9.17) is 4.74 Å². The highest BCUT2D eigenvalue weighted by molar-refractivity contribution is 5.90. The van der Waals surface area contributed by atoms with Crippen LogP contribution in [0, 0.1) is 12.7 Å². The minimum Gasteiger partial charge on any atom is -0.497 e. The fourth-order valence-corrected chi connectivity index (χ4v) is 3.62. The van der Waals surface area contributed by atoms with Crippen LogP contribution in [0.3, 0.4) is 0 Å².